The number of benzene rings is 2. The van der Waals surface area contributed by atoms with Crippen LogP contribution in [0, 0.1) is 0 Å². The molecule has 2 aromatic carbocycles. The summed E-state index contributed by atoms with van der Waals surface area (Å²) >= 11 is 0. The Balaban J connectivity index is 1.34. The minimum Gasteiger partial charge on any atom is -0.448 e. The van der Waals surface area contributed by atoms with Crippen molar-refractivity contribution < 1.29 is 14.3 Å². The largest absolute Gasteiger partial charge is 0.448 e. The molecule has 29 heavy (non-hydrogen) atoms. The molecule has 7 nitrogen and oxygen atoms in total. The molecule has 0 radical (unpaired) electrons. The van der Waals surface area contributed by atoms with Crippen LogP contribution in [0.15, 0.2) is 47.3 Å². The number of nitrogens with zero attached hydrogens (tertiary/aromatic N) is 2. The summed E-state index contributed by atoms with van der Waals surface area (Å²) in [6, 6.07) is 12.9. The molecule has 1 saturated carbocycles. The lowest BCUT2D eigenvalue weighted by molar-refractivity contribution is -0.116. The van der Waals surface area contributed by atoms with Crippen molar-refractivity contribution in [1.29, 1.82) is 0 Å². The molecule has 1 fully saturated rings. The van der Waals surface area contributed by atoms with Gasteiger partial charge in [-0.05, 0) is 37.1 Å². The third kappa shape index (κ3) is 3.06. The quantitative estimate of drug-likeness (QED) is 0.740. The summed E-state index contributed by atoms with van der Waals surface area (Å²) in [4.78, 5) is 25.1. The molecule has 1 spiro atoms. The number of aryl methyl sites for hydroxylation is 1. The minimum atomic E-state index is -0.542. The van der Waals surface area contributed by atoms with Gasteiger partial charge in [0.2, 0.25) is 5.91 Å². The highest BCUT2D eigenvalue weighted by molar-refractivity contribution is 5.92. The Morgan fingerprint density at radius 2 is 1.76 bits per heavy atom. The lowest BCUT2D eigenvalue weighted by atomic mass is 9.94. The van der Waals surface area contributed by atoms with Crippen molar-refractivity contribution in [2.45, 2.75) is 44.4 Å². The Bertz CT molecular complexity index is 1150. The Kier molecular flexibility index (Phi) is 4.12. The molecule has 0 atom stereocenters. The Hall–Kier alpha value is -3.22. The molecule has 2 heterocycles. The van der Waals surface area contributed by atoms with E-state index in [2.05, 4.69) is 5.32 Å². The van der Waals surface area contributed by atoms with E-state index in [1.807, 2.05) is 30.3 Å². The number of hydrogen-bond acceptors (Lipinski definition) is 4. The van der Waals surface area contributed by atoms with Gasteiger partial charge < -0.3 is 14.8 Å². The topological polar surface area (TPSA) is 74.5 Å². The Morgan fingerprint density at radius 1 is 1.03 bits per heavy atom. The number of carbonyl (C=O) groups excluding carboxylic acids is 1. The zero-order chi connectivity index (χ0) is 20.0. The van der Waals surface area contributed by atoms with E-state index in [9.17, 15) is 9.59 Å². The number of carbonyl (C=O) groups is 1. The molecule has 0 unspecified atom stereocenters. The van der Waals surface area contributed by atoms with Crippen molar-refractivity contribution in [3.8, 4) is 11.5 Å². The number of aromatic nitrogens is 2. The summed E-state index contributed by atoms with van der Waals surface area (Å²) in [6.45, 7) is -0.0570. The van der Waals surface area contributed by atoms with Gasteiger partial charge in [0.15, 0.2) is 11.5 Å². The van der Waals surface area contributed by atoms with E-state index >= 15 is 0 Å². The molecule has 3 aromatic rings. The van der Waals surface area contributed by atoms with E-state index in [0.29, 0.717) is 11.4 Å². The molecule has 5 rings (SSSR count). The van der Waals surface area contributed by atoms with Gasteiger partial charge in [-0.15, -0.1) is 0 Å². The lowest BCUT2D eigenvalue weighted by Gasteiger charge is -2.31. The predicted molar refractivity (Wildman–Crippen MR) is 109 cm³/mol. The van der Waals surface area contributed by atoms with Crippen LogP contribution in [0.5, 0.6) is 11.5 Å². The van der Waals surface area contributed by atoms with Crippen molar-refractivity contribution in [1.82, 2.24) is 9.13 Å². The van der Waals surface area contributed by atoms with E-state index < -0.39 is 5.79 Å². The normalized spacial score (nSPS) is 17.0. The zero-order valence-corrected chi connectivity index (χ0v) is 16.3. The number of fused-ring (bicyclic) bond motifs is 2. The maximum Gasteiger partial charge on any atom is 0.329 e. The second-order valence-electron chi connectivity index (χ2n) is 7.80. The van der Waals surface area contributed by atoms with E-state index in [0.717, 1.165) is 42.5 Å². The van der Waals surface area contributed by atoms with Crippen molar-refractivity contribution in [3.63, 3.8) is 0 Å². The standard InChI is InChI=1S/C22H23N3O4/c1-24-16-7-3-4-8-17(16)25(21(24)27)14-20(26)23-15-9-10-18-19(13-15)29-22(28-18)11-5-2-6-12-22/h3-4,7-10,13H,2,5-6,11-12,14H2,1H3,(H,23,26). The van der Waals surface area contributed by atoms with Gasteiger partial charge >= 0.3 is 5.69 Å². The Labute approximate surface area is 167 Å². The van der Waals surface area contributed by atoms with Crippen LogP contribution in [0.1, 0.15) is 32.1 Å². The van der Waals surface area contributed by atoms with Crippen LogP contribution in [0.2, 0.25) is 0 Å². The van der Waals surface area contributed by atoms with E-state index in [4.69, 9.17) is 9.47 Å². The Morgan fingerprint density at radius 3 is 2.55 bits per heavy atom. The van der Waals surface area contributed by atoms with Crippen molar-refractivity contribution >= 4 is 22.6 Å². The number of ether oxygens (including phenoxy) is 2. The van der Waals surface area contributed by atoms with Gasteiger partial charge in [-0.2, -0.15) is 0 Å². The molecule has 0 bridgehead atoms. The third-order valence-electron chi connectivity index (χ3n) is 5.79. The number of imidazole rings is 1. The first-order chi connectivity index (χ1) is 14.0. The summed E-state index contributed by atoms with van der Waals surface area (Å²) in [5.74, 6) is 0.566. The molecule has 1 aliphatic carbocycles. The molecule has 2 aliphatic rings. The molecule has 1 aromatic heterocycles. The molecule has 7 heteroatoms. The fraction of sp³-hybridized carbons (Fsp3) is 0.364. The number of rotatable bonds is 3. The fourth-order valence-electron chi connectivity index (χ4n) is 4.33. The smallest absolute Gasteiger partial charge is 0.329 e. The van der Waals surface area contributed by atoms with Gasteiger partial charge in [0, 0.05) is 31.6 Å². The minimum absolute atomic E-state index is 0.0570. The van der Waals surface area contributed by atoms with Crippen LogP contribution in [-0.4, -0.2) is 20.8 Å². The number of amides is 1. The average Bonchev–Trinajstić information content (AvgIpc) is 3.18. The number of nitrogens with one attached hydrogen (secondary N) is 1. The van der Waals surface area contributed by atoms with Crippen molar-refractivity contribution in [2.75, 3.05) is 5.32 Å². The van der Waals surface area contributed by atoms with Gasteiger partial charge in [0.25, 0.3) is 5.79 Å². The highest BCUT2D eigenvalue weighted by atomic mass is 16.7. The van der Waals surface area contributed by atoms with E-state index in [-0.39, 0.29) is 18.1 Å². The maximum atomic E-state index is 12.6. The highest BCUT2D eigenvalue weighted by Crippen LogP contribution is 2.46. The molecule has 1 aliphatic heterocycles. The first-order valence-corrected chi connectivity index (χ1v) is 10.0. The molecular formula is C22H23N3O4. The molecule has 150 valence electrons. The van der Waals surface area contributed by atoms with Crippen LogP contribution in [-0.2, 0) is 18.4 Å². The highest BCUT2D eigenvalue weighted by Gasteiger charge is 2.42. The fourth-order valence-corrected chi connectivity index (χ4v) is 4.33. The van der Waals surface area contributed by atoms with Gasteiger partial charge in [0.1, 0.15) is 6.54 Å². The summed E-state index contributed by atoms with van der Waals surface area (Å²) in [5.41, 5.74) is 1.94. The second kappa shape index (κ2) is 6.69. The lowest BCUT2D eigenvalue weighted by Crippen LogP contribution is -2.40. The summed E-state index contributed by atoms with van der Waals surface area (Å²) in [5, 5.41) is 2.87. The monoisotopic (exact) mass is 393 g/mol. The van der Waals surface area contributed by atoms with Crippen LogP contribution in [0.3, 0.4) is 0 Å². The average molecular weight is 393 g/mol. The summed E-state index contributed by atoms with van der Waals surface area (Å²) in [7, 11) is 1.71. The first-order valence-electron chi connectivity index (χ1n) is 10.0. The number of para-hydroxylation sites is 2. The van der Waals surface area contributed by atoms with Gasteiger partial charge in [0.05, 0.1) is 11.0 Å². The van der Waals surface area contributed by atoms with Crippen LogP contribution in [0.25, 0.3) is 11.0 Å². The van der Waals surface area contributed by atoms with Crippen LogP contribution < -0.4 is 20.5 Å². The first kappa shape index (κ1) is 17.8. The summed E-state index contributed by atoms with van der Waals surface area (Å²) in [6.07, 6.45) is 5.16. The molecule has 0 saturated heterocycles. The van der Waals surface area contributed by atoms with Crippen molar-refractivity contribution in [2.24, 2.45) is 7.05 Å². The molecule has 1 amide bonds. The zero-order valence-electron chi connectivity index (χ0n) is 16.3. The van der Waals surface area contributed by atoms with Crippen LogP contribution >= 0.6 is 0 Å². The maximum absolute atomic E-state index is 12.6. The van der Waals surface area contributed by atoms with Gasteiger partial charge in [-0.25, -0.2) is 4.79 Å². The molecular weight excluding hydrogens is 370 g/mol. The number of anilines is 1. The van der Waals surface area contributed by atoms with Gasteiger partial charge in [-0.1, -0.05) is 18.6 Å². The van der Waals surface area contributed by atoms with Crippen LogP contribution in [0.4, 0.5) is 5.69 Å². The summed E-state index contributed by atoms with van der Waals surface area (Å²) < 4.78 is 15.2. The van der Waals surface area contributed by atoms with E-state index in [1.54, 1.807) is 23.7 Å². The SMILES string of the molecule is Cn1c(=O)n(CC(=O)Nc2ccc3c(c2)OC2(CCCCC2)O3)c2ccccc21. The van der Waals surface area contributed by atoms with Crippen molar-refractivity contribution in [3.05, 3.63) is 52.9 Å². The predicted octanol–water partition coefficient (Wildman–Crippen LogP) is 3.41. The van der Waals surface area contributed by atoms with Gasteiger partial charge in [-0.3, -0.25) is 13.9 Å². The second-order valence-corrected chi connectivity index (χ2v) is 7.80. The molecule has 1 N–H and O–H groups in total. The third-order valence-corrected chi connectivity index (χ3v) is 5.79. The van der Waals surface area contributed by atoms with E-state index in [1.165, 1.54) is 11.0 Å². The number of hydrogen-bond donors (Lipinski definition) is 1.